The van der Waals surface area contributed by atoms with Gasteiger partial charge in [0.1, 0.15) is 5.75 Å². The SMILES string of the molecule is CCCCCCCCCc1ccc(-c2cnc(-c3ccc(OCCCCCCCC)cc3)nc2)s1. The third-order valence-electron chi connectivity index (χ3n) is 6.50. The van der Waals surface area contributed by atoms with Gasteiger partial charge < -0.3 is 4.74 Å². The van der Waals surface area contributed by atoms with Crippen molar-refractivity contribution in [3.05, 3.63) is 53.7 Å². The van der Waals surface area contributed by atoms with Gasteiger partial charge in [0.15, 0.2) is 5.82 Å². The Morgan fingerprint density at radius 2 is 1.23 bits per heavy atom. The summed E-state index contributed by atoms with van der Waals surface area (Å²) in [6, 6.07) is 12.6. The number of benzene rings is 1. The van der Waals surface area contributed by atoms with Crippen LogP contribution in [0.1, 0.15) is 102 Å². The number of unbranched alkanes of at least 4 members (excludes halogenated alkanes) is 11. The maximum atomic E-state index is 5.90. The van der Waals surface area contributed by atoms with Crippen molar-refractivity contribution in [3.63, 3.8) is 0 Å². The molecule has 0 aliphatic rings. The molecule has 0 radical (unpaired) electrons. The summed E-state index contributed by atoms with van der Waals surface area (Å²) in [7, 11) is 0. The molecule has 2 heterocycles. The quantitative estimate of drug-likeness (QED) is 0.166. The minimum absolute atomic E-state index is 0.760. The highest BCUT2D eigenvalue weighted by Gasteiger charge is 2.07. The zero-order valence-corrected chi connectivity index (χ0v) is 22.8. The second-order valence-electron chi connectivity index (χ2n) is 9.57. The van der Waals surface area contributed by atoms with Crippen molar-refractivity contribution < 1.29 is 4.74 Å². The van der Waals surface area contributed by atoms with Crippen LogP contribution in [-0.4, -0.2) is 16.6 Å². The molecule has 0 unspecified atom stereocenters. The standard InChI is InChI=1S/C31H44N2OS/c1-3-5-7-9-11-12-14-16-29-21-22-30(35-29)27-24-32-31(33-25-27)26-17-19-28(20-18-26)34-23-15-13-10-8-6-4-2/h17-22,24-25H,3-16,23H2,1-2H3. The average Bonchev–Trinajstić information content (AvgIpc) is 3.37. The van der Waals surface area contributed by atoms with E-state index in [4.69, 9.17) is 4.74 Å². The normalized spacial score (nSPS) is 11.1. The van der Waals surface area contributed by atoms with Crippen LogP contribution in [0.3, 0.4) is 0 Å². The van der Waals surface area contributed by atoms with Gasteiger partial charge in [-0.25, -0.2) is 9.97 Å². The molecule has 3 rings (SSSR count). The van der Waals surface area contributed by atoms with Gasteiger partial charge in [-0.15, -0.1) is 11.3 Å². The van der Waals surface area contributed by atoms with Crippen LogP contribution < -0.4 is 4.74 Å². The molecular weight excluding hydrogens is 448 g/mol. The molecule has 3 nitrogen and oxygen atoms in total. The van der Waals surface area contributed by atoms with Gasteiger partial charge in [0, 0.05) is 33.3 Å². The molecule has 0 aliphatic heterocycles. The zero-order valence-electron chi connectivity index (χ0n) is 21.9. The Hall–Kier alpha value is -2.20. The zero-order chi connectivity index (χ0) is 24.6. The molecule has 0 aliphatic carbocycles. The van der Waals surface area contributed by atoms with Gasteiger partial charge >= 0.3 is 0 Å². The number of hydrogen-bond acceptors (Lipinski definition) is 4. The molecule has 0 spiro atoms. The van der Waals surface area contributed by atoms with Crippen LogP contribution in [0, 0.1) is 0 Å². The van der Waals surface area contributed by atoms with Gasteiger partial charge in [-0.05, 0) is 55.7 Å². The summed E-state index contributed by atoms with van der Waals surface area (Å²) >= 11 is 1.88. The Morgan fingerprint density at radius 3 is 1.89 bits per heavy atom. The van der Waals surface area contributed by atoms with Crippen LogP contribution in [-0.2, 0) is 6.42 Å². The molecule has 2 aromatic heterocycles. The van der Waals surface area contributed by atoms with Crippen molar-refractivity contribution in [1.29, 1.82) is 0 Å². The first-order valence-corrected chi connectivity index (χ1v) is 14.8. The minimum Gasteiger partial charge on any atom is -0.494 e. The average molecular weight is 493 g/mol. The van der Waals surface area contributed by atoms with Crippen LogP contribution >= 0.6 is 11.3 Å². The van der Waals surface area contributed by atoms with Crippen LogP contribution in [0.5, 0.6) is 5.75 Å². The minimum atomic E-state index is 0.760. The molecule has 0 saturated heterocycles. The number of ether oxygens (including phenoxy) is 1. The lowest BCUT2D eigenvalue weighted by atomic mass is 10.1. The molecule has 0 saturated carbocycles. The Labute approximate surface area is 217 Å². The lowest BCUT2D eigenvalue weighted by molar-refractivity contribution is 0.304. The molecule has 0 bridgehead atoms. The Bertz CT molecular complexity index is 933. The predicted octanol–water partition coefficient (Wildman–Crippen LogP) is 9.90. The second kappa shape index (κ2) is 16.5. The first-order valence-electron chi connectivity index (χ1n) is 13.9. The number of rotatable bonds is 18. The van der Waals surface area contributed by atoms with Crippen molar-refractivity contribution >= 4 is 11.3 Å². The first kappa shape index (κ1) is 27.4. The Kier molecular flexibility index (Phi) is 12.9. The third kappa shape index (κ3) is 10.1. The number of aryl methyl sites for hydroxylation is 1. The highest BCUT2D eigenvalue weighted by molar-refractivity contribution is 7.15. The summed E-state index contributed by atoms with van der Waals surface area (Å²) < 4.78 is 5.90. The lowest BCUT2D eigenvalue weighted by Gasteiger charge is -2.07. The molecule has 4 heteroatoms. The van der Waals surface area contributed by atoms with Gasteiger partial charge in [-0.1, -0.05) is 84.5 Å². The van der Waals surface area contributed by atoms with Crippen molar-refractivity contribution in [2.45, 2.75) is 104 Å². The first-order chi connectivity index (χ1) is 17.3. The number of hydrogen-bond donors (Lipinski definition) is 0. The number of nitrogens with zero attached hydrogens (tertiary/aromatic N) is 2. The highest BCUT2D eigenvalue weighted by atomic mass is 32.1. The van der Waals surface area contributed by atoms with Crippen molar-refractivity contribution in [2.75, 3.05) is 6.61 Å². The maximum Gasteiger partial charge on any atom is 0.159 e. The molecule has 190 valence electrons. The van der Waals surface area contributed by atoms with E-state index in [0.717, 1.165) is 35.7 Å². The van der Waals surface area contributed by atoms with Gasteiger partial charge in [-0.2, -0.15) is 0 Å². The Morgan fingerprint density at radius 1 is 0.629 bits per heavy atom. The van der Waals surface area contributed by atoms with E-state index in [1.807, 2.05) is 35.9 Å². The summed E-state index contributed by atoms with van der Waals surface area (Å²) in [5, 5.41) is 0. The smallest absolute Gasteiger partial charge is 0.159 e. The summed E-state index contributed by atoms with van der Waals surface area (Å²) in [5.41, 5.74) is 2.12. The lowest BCUT2D eigenvalue weighted by Crippen LogP contribution is -1.97. The van der Waals surface area contributed by atoms with E-state index in [2.05, 4.69) is 48.1 Å². The van der Waals surface area contributed by atoms with Gasteiger partial charge in [0.2, 0.25) is 0 Å². The fourth-order valence-electron chi connectivity index (χ4n) is 4.30. The monoisotopic (exact) mass is 492 g/mol. The van der Waals surface area contributed by atoms with Gasteiger partial charge in [0.05, 0.1) is 6.61 Å². The highest BCUT2D eigenvalue weighted by Crippen LogP contribution is 2.29. The van der Waals surface area contributed by atoms with E-state index in [-0.39, 0.29) is 0 Å². The van der Waals surface area contributed by atoms with Gasteiger partial charge in [-0.3, -0.25) is 0 Å². The van der Waals surface area contributed by atoms with Crippen LogP contribution in [0.15, 0.2) is 48.8 Å². The molecule has 0 N–H and O–H groups in total. The van der Waals surface area contributed by atoms with E-state index < -0.39 is 0 Å². The summed E-state index contributed by atoms with van der Waals surface area (Å²) in [4.78, 5) is 12.0. The maximum absolute atomic E-state index is 5.90. The van der Waals surface area contributed by atoms with E-state index in [9.17, 15) is 0 Å². The van der Waals surface area contributed by atoms with E-state index in [1.54, 1.807) is 0 Å². The molecule has 1 aromatic carbocycles. The third-order valence-corrected chi connectivity index (χ3v) is 7.70. The van der Waals surface area contributed by atoms with E-state index >= 15 is 0 Å². The summed E-state index contributed by atoms with van der Waals surface area (Å²) in [5.74, 6) is 1.68. The van der Waals surface area contributed by atoms with Gasteiger partial charge in [0.25, 0.3) is 0 Å². The fourth-order valence-corrected chi connectivity index (χ4v) is 5.33. The molecule has 0 atom stereocenters. The molecular formula is C31H44N2OS. The Balaban J connectivity index is 1.41. The van der Waals surface area contributed by atoms with E-state index in [1.165, 1.54) is 93.2 Å². The second-order valence-corrected chi connectivity index (χ2v) is 10.7. The molecule has 0 amide bonds. The van der Waals surface area contributed by atoms with Crippen LogP contribution in [0.25, 0.3) is 21.8 Å². The summed E-state index contributed by atoms with van der Waals surface area (Å²) in [6.45, 7) is 5.32. The molecule has 35 heavy (non-hydrogen) atoms. The topological polar surface area (TPSA) is 35.0 Å². The van der Waals surface area contributed by atoms with E-state index in [0.29, 0.717) is 0 Å². The van der Waals surface area contributed by atoms with Crippen LogP contribution in [0.4, 0.5) is 0 Å². The van der Waals surface area contributed by atoms with Crippen molar-refractivity contribution in [1.82, 2.24) is 9.97 Å². The van der Waals surface area contributed by atoms with Crippen molar-refractivity contribution in [2.24, 2.45) is 0 Å². The number of thiophene rings is 1. The predicted molar refractivity (Wildman–Crippen MR) is 151 cm³/mol. The molecule has 0 fully saturated rings. The largest absolute Gasteiger partial charge is 0.494 e. The summed E-state index contributed by atoms with van der Waals surface area (Å²) in [6.07, 6.45) is 22.3. The van der Waals surface area contributed by atoms with Crippen molar-refractivity contribution in [3.8, 4) is 27.6 Å². The number of aromatic nitrogens is 2. The fraction of sp³-hybridized carbons (Fsp3) is 0.548. The van der Waals surface area contributed by atoms with Crippen LogP contribution in [0.2, 0.25) is 0 Å². The molecule has 3 aromatic rings.